The monoisotopic (exact) mass is 444 g/mol. The van der Waals surface area contributed by atoms with Crippen molar-refractivity contribution in [3.05, 3.63) is 24.3 Å². The molecule has 0 radical (unpaired) electrons. The van der Waals surface area contributed by atoms with Crippen LogP contribution in [0.2, 0.25) is 0 Å². The van der Waals surface area contributed by atoms with Crippen LogP contribution >= 0.6 is 0 Å². The molecule has 0 bridgehead atoms. The Bertz CT molecular complexity index is 801. The van der Waals surface area contributed by atoms with Crippen LogP contribution in [0.5, 0.6) is 5.75 Å². The van der Waals surface area contributed by atoms with Crippen LogP contribution in [0.3, 0.4) is 0 Å². The number of benzene rings is 1. The third-order valence-corrected chi connectivity index (χ3v) is 6.75. The van der Waals surface area contributed by atoms with Gasteiger partial charge in [-0.05, 0) is 76.6 Å². The second-order valence-corrected chi connectivity index (χ2v) is 9.57. The zero-order chi connectivity index (χ0) is 22.7. The highest BCUT2D eigenvalue weighted by Gasteiger charge is 2.46. The van der Waals surface area contributed by atoms with Crippen molar-refractivity contribution in [1.82, 2.24) is 15.1 Å². The van der Waals surface area contributed by atoms with Crippen molar-refractivity contribution in [2.24, 2.45) is 0 Å². The van der Waals surface area contributed by atoms with Crippen LogP contribution in [0, 0.1) is 0 Å². The van der Waals surface area contributed by atoms with E-state index < -0.39 is 0 Å². The maximum absolute atomic E-state index is 12.9. The number of likely N-dealkylation sites (tertiary alicyclic amines) is 1. The van der Waals surface area contributed by atoms with Crippen LogP contribution in [0.4, 0.5) is 15.3 Å². The van der Waals surface area contributed by atoms with Gasteiger partial charge in [-0.25, -0.2) is 9.59 Å². The summed E-state index contributed by atoms with van der Waals surface area (Å²) in [6.45, 7) is 5.97. The molecule has 32 heavy (non-hydrogen) atoms. The number of urea groups is 2. The summed E-state index contributed by atoms with van der Waals surface area (Å²) < 4.78 is 11.5. The number of nitrogens with zero attached hydrogens (tertiary/aromatic N) is 2. The van der Waals surface area contributed by atoms with E-state index in [4.69, 9.17) is 9.47 Å². The molecule has 2 N–H and O–H groups in total. The Hall–Kier alpha value is -2.48. The van der Waals surface area contributed by atoms with Gasteiger partial charge in [-0.3, -0.25) is 0 Å². The second-order valence-electron chi connectivity index (χ2n) is 9.57. The Kier molecular flexibility index (Phi) is 6.79. The lowest BCUT2D eigenvalue weighted by Crippen LogP contribution is -2.57. The van der Waals surface area contributed by atoms with E-state index in [2.05, 4.69) is 15.5 Å². The van der Waals surface area contributed by atoms with Crippen LogP contribution in [-0.2, 0) is 4.74 Å². The maximum Gasteiger partial charge on any atom is 0.321 e. The number of methoxy groups -OCH3 is 1. The average Bonchev–Trinajstić information content (AvgIpc) is 3.59. The summed E-state index contributed by atoms with van der Waals surface area (Å²) in [6, 6.07) is 8.01. The molecule has 2 heterocycles. The second kappa shape index (κ2) is 9.57. The fourth-order valence-electron chi connectivity index (χ4n) is 4.89. The van der Waals surface area contributed by atoms with Gasteiger partial charge in [-0.2, -0.15) is 0 Å². The predicted molar refractivity (Wildman–Crippen MR) is 123 cm³/mol. The Morgan fingerprint density at radius 2 is 1.81 bits per heavy atom. The van der Waals surface area contributed by atoms with Crippen LogP contribution in [0.15, 0.2) is 24.3 Å². The minimum absolute atomic E-state index is 0.0563. The van der Waals surface area contributed by atoms with Gasteiger partial charge in [0.05, 0.1) is 12.7 Å². The van der Waals surface area contributed by atoms with Gasteiger partial charge in [-0.15, -0.1) is 0 Å². The number of carbonyl (C=O) groups excluding carboxylic acids is 2. The van der Waals surface area contributed by atoms with Crippen molar-refractivity contribution in [2.45, 2.75) is 76.1 Å². The molecule has 176 valence electrons. The zero-order valence-corrected chi connectivity index (χ0v) is 19.4. The summed E-state index contributed by atoms with van der Waals surface area (Å²) in [5.41, 5.74) is 0.506. The van der Waals surface area contributed by atoms with E-state index >= 15 is 0 Å². The Morgan fingerprint density at radius 1 is 1.12 bits per heavy atom. The number of carbonyl (C=O) groups is 2. The molecule has 8 heteroatoms. The van der Waals surface area contributed by atoms with E-state index in [1.807, 2.05) is 43.0 Å². The first-order chi connectivity index (χ1) is 15.4. The summed E-state index contributed by atoms with van der Waals surface area (Å²) in [6.07, 6.45) is 5.51. The van der Waals surface area contributed by atoms with Gasteiger partial charge in [0.1, 0.15) is 5.75 Å². The maximum atomic E-state index is 12.9. The van der Waals surface area contributed by atoms with Gasteiger partial charge >= 0.3 is 12.1 Å². The van der Waals surface area contributed by atoms with Gasteiger partial charge in [0.25, 0.3) is 0 Å². The lowest BCUT2D eigenvalue weighted by Gasteiger charge is -2.48. The topological polar surface area (TPSA) is 83.1 Å². The number of piperidine rings is 1. The molecule has 1 aromatic carbocycles. The van der Waals surface area contributed by atoms with Gasteiger partial charge in [0, 0.05) is 43.5 Å². The van der Waals surface area contributed by atoms with Crippen molar-refractivity contribution in [3.8, 4) is 5.75 Å². The molecule has 2 saturated heterocycles. The Balaban J connectivity index is 1.33. The highest BCUT2D eigenvalue weighted by molar-refractivity contribution is 5.89. The number of ether oxygens (including phenoxy) is 2. The van der Waals surface area contributed by atoms with E-state index in [1.165, 1.54) is 0 Å². The highest BCUT2D eigenvalue weighted by Crippen LogP contribution is 2.40. The van der Waals surface area contributed by atoms with E-state index in [9.17, 15) is 9.59 Å². The van der Waals surface area contributed by atoms with E-state index in [-0.39, 0.29) is 29.7 Å². The van der Waals surface area contributed by atoms with Gasteiger partial charge < -0.3 is 29.9 Å². The van der Waals surface area contributed by atoms with Crippen LogP contribution in [0.25, 0.3) is 0 Å². The zero-order valence-electron chi connectivity index (χ0n) is 19.4. The standard InChI is InChI=1S/C24H36N4O4/c1-17(2)25-23(30)28(19-6-7-19)20-10-15-32-24(16-20)11-13-27(14-12-24)22(29)26-18-4-8-21(31-3)9-5-18/h4-5,8-9,17,19-20H,6-7,10-16H2,1-3H3,(H,25,30)(H,26,29). The van der Waals surface area contributed by atoms with E-state index in [0.717, 1.165) is 50.0 Å². The van der Waals surface area contributed by atoms with E-state index in [1.54, 1.807) is 7.11 Å². The number of rotatable bonds is 5. The summed E-state index contributed by atoms with van der Waals surface area (Å²) in [5, 5.41) is 6.05. The number of nitrogens with one attached hydrogen (secondary N) is 2. The SMILES string of the molecule is COc1ccc(NC(=O)N2CCC3(CC2)CC(N(C(=O)NC(C)C)C2CC2)CCO3)cc1. The van der Waals surface area contributed by atoms with Gasteiger partial charge in [-0.1, -0.05) is 0 Å². The van der Waals surface area contributed by atoms with E-state index in [0.29, 0.717) is 25.7 Å². The minimum Gasteiger partial charge on any atom is -0.497 e. The lowest BCUT2D eigenvalue weighted by molar-refractivity contribution is -0.125. The summed E-state index contributed by atoms with van der Waals surface area (Å²) in [5.74, 6) is 0.759. The summed E-state index contributed by atoms with van der Waals surface area (Å²) in [4.78, 5) is 29.5. The molecular formula is C24H36N4O4. The molecule has 0 aromatic heterocycles. The number of anilines is 1. The first kappa shape index (κ1) is 22.7. The fraction of sp³-hybridized carbons (Fsp3) is 0.667. The number of amides is 4. The largest absolute Gasteiger partial charge is 0.497 e. The normalized spacial score (nSPS) is 22.5. The molecule has 2 aliphatic heterocycles. The first-order valence-corrected chi connectivity index (χ1v) is 11.8. The molecular weight excluding hydrogens is 408 g/mol. The molecule has 1 saturated carbocycles. The number of hydrogen-bond acceptors (Lipinski definition) is 4. The predicted octanol–water partition coefficient (Wildman–Crippen LogP) is 3.82. The third-order valence-electron chi connectivity index (χ3n) is 6.75. The van der Waals surface area contributed by atoms with Gasteiger partial charge in [0.15, 0.2) is 0 Å². The fourth-order valence-corrected chi connectivity index (χ4v) is 4.89. The van der Waals surface area contributed by atoms with Crippen molar-refractivity contribution < 1.29 is 19.1 Å². The summed E-state index contributed by atoms with van der Waals surface area (Å²) in [7, 11) is 1.62. The number of hydrogen-bond donors (Lipinski definition) is 2. The molecule has 1 aromatic rings. The lowest BCUT2D eigenvalue weighted by atomic mass is 9.82. The van der Waals surface area contributed by atoms with Crippen molar-refractivity contribution in [3.63, 3.8) is 0 Å². The van der Waals surface area contributed by atoms with Crippen LogP contribution < -0.4 is 15.4 Å². The molecule has 4 rings (SSSR count). The van der Waals surface area contributed by atoms with Crippen LogP contribution in [0.1, 0.15) is 52.4 Å². The summed E-state index contributed by atoms with van der Waals surface area (Å²) >= 11 is 0. The van der Waals surface area contributed by atoms with Crippen molar-refractivity contribution >= 4 is 17.7 Å². The minimum atomic E-state index is -0.245. The molecule has 1 unspecified atom stereocenters. The highest BCUT2D eigenvalue weighted by atomic mass is 16.5. The van der Waals surface area contributed by atoms with Crippen LogP contribution in [-0.4, -0.2) is 72.4 Å². The molecule has 1 aliphatic carbocycles. The third kappa shape index (κ3) is 5.28. The average molecular weight is 445 g/mol. The molecule has 8 nitrogen and oxygen atoms in total. The Labute approximate surface area is 190 Å². The molecule has 1 spiro atoms. The van der Waals surface area contributed by atoms with Crippen molar-refractivity contribution in [2.75, 3.05) is 32.1 Å². The molecule has 3 fully saturated rings. The molecule has 3 aliphatic rings. The smallest absolute Gasteiger partial charge is 0.321 e. The Morgan fingerprint density at radius 3 is 2.41 bits per heavy atom. The molecule has 1 atom stereocenters. The van der Waals surface area contributed by atoms with Crippen molar-refractivity contribution in [1.29, 1.82) is 0 Å². The quantitative estimate of drug-likeness (QED) is 0.723. The first-order valence-electron chi connectivity index (χ1n) is 11.8. The molecule has 4 amide bonds. The van der Waals surface area contributed by atoms with Gasteiger partial charge in [0.2, 0.25) is 0 Å².